The lowest BCUT2D eigenvalue weighted by Crippen LogP contribution is -2.42. The summed E-state index contributed by atoms with van der Waals surface area (Å²) in [7, 11) is 0. The molecule has 0 aliphatic rings. The Bertz CT molecular complexity index is 1320. The number of carbonyl (C=O) groups excluding carboxylic acids is 1. The van der Waals surface area contributed by atoms with Crippen LogP contribution in [0.4, 0.5) is 11.4 Å². The van der Waals surface area contributed by atoms with E-state index in [1.807, 2.05) is 11.1 Å². The van der Waals surface area contributed by atoms with Crippen LogP contribution in [-0.4, -0.2) is 60.8 Å². The predicted molar refractivity (Wildman–Crippen MR) is 278 cm³/mol. The molecule has 0 atom stereocenters. The van der Waals surface area contributed by atoms with Gasteiger partial charge >= 0.3 is 11.9 Å². The fourth-order valence-corrected chi connectivity index (χ4v) is 8.97. The van der Waals surface area contributed by atoms with Crippen molar-refractivity contribution in [3.8, 4) is 0 Å². The fourth-order valence-electron chi connectivity index (χ4n) is 8.97. The summed E-state index contributed by atoms with van der Waals surface area (Å²) in [6.07, 6.45) is 46.1. The molecule has 2 N–H and O–H groups in total. The number of anilines is 2. The maximum absolute atomic E-state index is 13.2. The molecular formula is C56H103N3O6. The molecule has 378 valence electrons. The molecule has 0 saturated carbocycles. The van der Waals surface area contributed by atoms with Crippen molar-refractivity contribution in [3.63, 3.8) is 0 Å². The predicted octanol–water partition coefficient (Wildman–Crippen LogP) is 15.2. The highest BCUT2D eigenvalue weighted by Crippen LogP contribution is 2.23. The summed E-state index contributed by atoms with van der Waals surface area (Å²) < 4.78 is 6.08. The van der Waals surface area contributed by atoms with E-state index in [1.54, 1.807) is 0 Å². The van der Waals surface area contributed by atoms with Gasteiger partial charge in [-0.05, 0) is 83.7 Å². The number of hydrogen-bond donors (Lipinski definition) is 2. The number of rotatable bonds is 50. The zero-order valence-electron chi connectivity index (χ0n) is 43.0. The molecule has 0 bridgehead atoms. The molecule has 0 spiro atoms. The van der Waals surface area contributed by atoms with Crippen molar-refractivity contribution in [2.24, 2.45) is 0 Å². The number of nitrogens with one attached hydrogen (secondary N) is 1. The SMILES string of the molecule is CCCCCCCCC(CCCCCCCC)OC(=O)CCCCCCCN(/C=C/CCCCCCC(=O)O)c1c(NCCN(CCCCCCCC)CCCCCCCC)c(=O)c1=O. The Morgan fingerprint density at radius 3 is 1.46 bits per heavy atom. The Kier molecular flexibility index (Phi) is 40.7. The number of unbranched alkanes of at least 4 members (excludes halogenated alkanes) is 28. The van der Waals surface area contributed by atoms with Crippen molar-refractivity contribution >= 4 is 23.3 Å². The maximum Gasteiger partial charge on any atom is 0.306 e. The molecule has 1 aromatic carbocycles. The van der Waals surface area contributed by atoms with Crippen molar-refractivity contribution in [2.45, 2.75) is 278 Å². The third-order valence-corrected chi connectivity index (χ3v) is 13.2. The van der Waals surface area contributed by atoms with Crippen LogP contribution in [0.15, 0.2) is 21.9 Å². The number of nitrogens with zero attached hydrogens (tertiary/aromatic N) is 2. The number of carbonyl (C=O) groups is 2. The third kappa shape index (κ3) is 33.4. The quantitative estimate of drug-likeness (QED) is 0.0374. The molecule has 0 radical (unpaired) electrons. The first-order valence-corrected chi connectivity index (χ1v) is 27.9. The molecule has 9 heteroatoms. The lowest BCUT2D eigenvalue weighted by Gasteiger charge is -2.26. The molecule has 9 nitrogen and oxygen atoms in total. The van der Waals surface area contributed by atoms with E-state index in [2.05, 4.69) is 44.0 Å². The Labute approximate surface area is 399 Å². The summed E-state index contributed by atoms with van der Waals surface area (Å²) in [5.41, 5.74) is 0.123. The van der Waals surface area contributed by atoms with E-state index >= 15 is 0 Å². The number of carboxylic acids is 1. The minimum atomic E-state index is -0.745. The van der Waals surface area contributed by atoms with Gasteiger partial charge in [0.1, 0.15) is 17.5 Å². The maximum atomic E-state index is 13.2. The summed E-state index contributed by atoms with van der Waals surface area (Å²) >= 11 is 0. The van der Waals surface area contributed by atoms with Gasteiger partial charge in [0.25, 0.3) is 10.9 Å². The number of ether oxygens (including phenoxy) is 1. The Morgan fingerprint density at radius 2 is 0.954 bits per heavy atom. The number of esters is 1. The van der Waals surface area contributed by atoms with Crippen molar-refractivity contribution in [3.05, 3.63) is 32.7 Å². The van der Waals surface area contributed by atoms with E-state index in [9.17, 15) is 19.2 Å². The molecule has 65 heavy (non-hydrogen) atoms. The fraction of sp³-hybridized carbons (Fsp3) is 0.857. The first kappa shape index (κ1) is 60.3. The van der Waals surface area contributed by atoms with Crippen molar-refractivity contribution in [2.75, 3.05) is 42.9 Å². The standard InChI is InChI=1S/C56H103N3O6/c1-5-9-13-17-24-32-40-50(41-33-25-18-14-10-6-2)65-52(62)43-35-27-23-31-39-48-59(47-38-30-22-21-26-34-42-51(60)61)54-53(55(63)56(54)64)57-44-49-58(45-36-28-19-15-11-7-3)46-37-29-20-16-12-8-4/h38,47,50,57H,5-37,39-46,48-49H2,1-4H3,(H,60,61)/b47-38+. The van der Waals surface area contributed by atoms with Crippen molar-refractivity contribution < 1.29 is 19.4 Å². The Hall–Kier alpha value is -2.68. The van der Waals surface area contributed by atoms with Gasteiger partial charge < -0.3 is 25.0 Å². The van der Waals surface area contributed by atoms with Crippen LogP contribution in [-0.2, 0) is 14.3 Å². The third-order valence-electron chi connectivity index (χ3n) is 13.2. The minimum Gasteiger partial charge on any atom is -0.481 e. The molecule has 1 aromatic rings. The van der Waals surface area contributed by atoms with Crippen LogP contribution in [0.25, 0.3) is 0 Å². The van der Waals surface area contributed by atoms with Crippen molar-refractivity contribution in [1.29, 1.82) is 0 Å². The summed E-state index contributed by atoms with van der Waals surface area (Å²) in [5.74, 6) is -0.789. The lowest BCUT2D eigenvalue weighted by molar-refractivity contribution is -0.150. The van der Waals surface area contributed by atoms with Crippen LogP contribution in [0, 0.1) is 0 Å². The molecule has 0 amide bonds. The first-order valence-electron chi connectivity index (χ1n) is 27.9. The normalized spacial score (nSPS) is 11.8. The van der Waals surface area contributed by atoms with E-state index in [-0.39, 0.29) is 18.5 Å². The van der Waals surface area contributed by atoms with E-state index in [0.717, 1.165) is 103 Å². The van der Waals surface area contributed by atoms with E-state index in [0.29, 0.717) is 37.3 Å². The van der Waals surface area contributed by atoms with Crippen LogP contribution in [0.3, 0.4) is 0 Å². The van der Waals surface area contributed by atoms with E-state index in [1.165, 1.54) is 141 Å². The largest absolute Gasteiger partial charge is 0.481 e. The smallest absolute Gasteiger partial charge is 0.306 e. The molecule has 0 fully saturated rings. The summed E-state index contributed by atoms with van der Waals surface area (Å²) in [6.45, 7) is 13.3. The monoisotopic (exact) mass is 914 g/mol. The van der Waals surface area contributed by atoms with Crippen LogP contribution >= 0.6 is 0 Å². The second kappa shape index (κ2) is 43.9. The zero-order valence-corrected chi connectivity index (χ0v) is 43.0. The van der Waals surface area contributed by atoms with Gasteiger partial charge in [-0.15, -0.1) is 0 Å². The number of carboxylic acid groups (broad SMARTS) is 1. The molecule has 0 unspecified atom stereocenters. The highest BCUT2D eigenvalue weighted by Gasteiger charge is 2.25. The molecule has 0 aliphatic carbocycles. The number of hydrogen-bond acceptors (Lipinski definition) is 8. The van der Waals surface area contributed by atoms with Crippen LogP contribution in [0.5, 0.6) is 0 Å². The van der Waals surface area contributed by atoms with Crippen molar-refractivity contribution in [1.82, 2.24) is 4.90 Å². The van der Waals surface area contributed by atoms with Gasteiger partial charge in [-0.2, -0.15) is 0 Å². The molecule has 0 aliphatic heterocycles. The van der Waals surface area contributed by atoms with Gasteiger partial charge in [0.2, 0.25) is 0 Å². The molecule has 0 saturated heterocycles. The average molecular weight is 914 g/mol. The van der Waals surface area contributed by atoms with Crippen LogP contribution < -0.4 is 21.1 Å². The number of allylic oxidation sites excluding steroid dienone is 1. The van der Waals surface area contributed by atoms with Gasteiger partial charge in [-0.3, -0.25) is 19.2 Å². The second-order valence-corrected chi connectivity index (χ2v) is 19.4. The van der Waals surface area contributed by atoms with Gasteiger partial charge in [-0.1, -0.05) is 194 Å². The molecule has 0 heterocycles. The molecular weight excluding hydrogens is 811 g/mol. The molecule has 0 aromatic heterocycles. The molecule has 1 rings (SSSR count). The topological polar surface area (TPSA) is 116 Å². The van der Waals surface area contributed by atoms with Gasteiger partial charge in [0.05, 0.1) is 0 Å². The van der Waals surface area contributed by atoms with Crippen LogP contribution in [0.1, 0.15) is 272 Å². The average Bonchev–Trinajstić information content (AvgIpc) is 3.29. The second-order valence-electron chi connectivity index (χ2n) is 19.4. The number of aliphatic carboxylic acids is 1. The highest BCUT2D eigenvalue weighted by atomic mass is 16.5. The van der Waals surface area contributed by atoms with E-state index in [4.69, 9.17) is 9.84 Å². The Morgan fingerprint density at radius 1 is 0.523 bits per heavy atom. The summed E-state index contributed by atoms with van der Waals surface area (Å²) in [4.78, 5) is 54.6. The minimum absolute atomic E-state index is 0.0433. The van der Waals surface area contributed by atoms with Gasteiger partial charge in [0, 0.05) is 38.7 Å². The zero-order chi connectivity index (χ0) is 47.4. The Balaban J connectivity index is 2.77. The van der Waals surface area contributed by atoms with E-state index < -0.39 is 16.8 Å². The van der Waals surface area contributed by atoms with Gasteiger partial charge in [0.15, 0.2) is 0 Å². The van der Waals surface area contributed by atoms with Gasteiger partial charge in [-0.25, -0.2) is 0 Å². The summed E-state index contributed by atoms with van der Waals surface area (Å²) in [5, 5.41) is 12.4. The highest BCUT2D eigenvalue weighted by molar-refractivity contribution is 5.76. The van der Waals surface area contributed by atoms with Crippen LogP contribution in [0.2, 0.25) is 0 Å². The summed E-state index contributed by atoms with van der Waals surface area (Å²) in [6, 6.07) is 0. The lowest BCUT2D eigenvalue weighted by atomic mass is 10.0. The first-order chi connectivity index (χ1) is 31.8.